The van der Waals surface area contributed by atoms with Crippen LogP contribution in [0, 0.1) is 23.7 Å². The molecule has 1 spiro atoms. The summed E-state index contributed by atoms with van der Waals surface area (Å²) in [5.41, 5.74) is 1.50. The van der Waals surface area contributed by atoms with Crippen LogP contribution in [0.15, 0.2) is 24.3 Å². The van der Waals surface area contributed by atoms with E-state index in [1.807, 2.05) is 12.1 Å². The van der Waals surface area contributed by atoms with Gasteiger partial charge in [0.25, 0.3) is 0 Å². The summed E-state index contributed by atoms with van der Waals surface area (Å²) in [6, 6.07) is 3.91. The second-order valence-electron chi connectivity index (χ2n) is 15.2. The number of carbonyl (C=O) groups excluding carboxylic acids is 5. The van der Waals surface area contributed by atoms with Gasteiger partial charge >= 0.3 is 29.8 Å². The Labute approximate surface area is 303 Å². The van der Waals surface area contributed by atoms with Gasteiger partial charge in [0.15, 0.2) is 35.9 Å². The molecule has 6 rings (SSSR count). The van der Waals surface area contributed by atoms with E-state index in [1.165, 1.54) is 6.92 Å². The van der Waals surface area contributed by atoms with Crippen molar-refractivity contribution in [3.63, 3.8) is 0 Å². The third-order valence-electron chi connectivity index (χ3n) is 10.8. The van der Waals surface area contributed by atoms with Crippen LogP contribution in [0.3, 0.4) is 0 Å². The first-order valence-electron chi connectivity index (χ1n) is 18.0. The first-order chi connectivity index (χ1) is 24.6. The third kappa shape index (κ3) is 6.47. The maximum atomic E-state index is 13.4. The highest BCUT2D eigenvalue weighted by Gasteiger charge is 2.66. The van der Waals surface area contributed by atoms with Gasteiger partial charge < -0.3 is 42.8 Å². The van der Waals surface area contributed by atoms with Gasteiger partial charge in [0, 0.05) is 29.9 Å². The van der Waals surface area contributed by atoms with Gasteiger partial charge in [0.05, 0.1) is 24.9 Å². The average Bonchev–Trinajstić information content (AvgIpc) is 3.44. The molecule has 1 aromatic carbocycles. The minimum Gasteiger partial charge on any atom is -0.482 e. The topological polar surface area (TPSA) is 162 Å². The lowest BCUT2D eigenvalue weighted by atomic mass is 9.53. The molecule has 0 saturated carbocycles. The van der Waals surface area contributed by atoms with Gasteiger partial charge in [-0.25, -0.2) is 4.79 Å². The zero-order chi connectivity index (χ0) is 37.8. The van der Waals surface area contributed by atoms with Crippen molar-refractivity contribution in [2.75, 3.05) is 20.7 Å². The zero-order valence-corrected chi connectivity index (χ0v) is 31.1. The molecule has 10 atom stereocenters. The molecule has 14 nitrogen and oxygen atoms in total. The summed E-state index contributed by atoms with van der Waals surface area (Å²) < 4.78 is 48.2. The molecule has 52 heavy (non-hydrogen) atoms. The molecule has 2 bridgehead atoms. The summed E-state index contributed by atoms with van der Waals surface area (Å²) in [7, 11) is 3.25. The second kappa shape index (κ2) is 14.4. The number of rotatable bonds is 10. The number of carbonyl (C=O) groups is 5. The predicted molar refractivity (Wildman–Crippen MR) is 181 cm³/mol. The number of methoxy groups -OCH3 is 1. The fourth-order valence-corrected chi connectivity index (χ4v) is 8.14. The number of hydrogen-bond donors (Lipinski definition) is 0. The quantitative estimate of drug-likeness (QED) is 0.150. The van der Waals surface area contributed by atoms with Crippen molar-refractivity contribution in [1.29, 1.82) is 0 Å². The Morgan fingerprint density at radius 2 is 1.48 bits per heavy atom. The van der Waals surface area contributed by atoms with Crippen LogP contribution in [-0.4, -0.2) is 104 Å². The highest BCUT2D eigenvalue weighted by Crippen LogP contribution is 2.63. The number of hydrogen-bond acceptors (Lipinski definition) is 14. The molecule has 0 amide bonds. The van der Waals surface area contributed by atoms with E-state index in [4.69, 9.17) is 37.9 Å². The first-order valence-corrected chi connectivity index (χ1v) is 18.0. The largest absolute Gasteiger partial charge is 0.482 e. The van der Waals surface area contributed by atoms with Gasteiger partial charge in [0.2, 0.25) is 6.29 Å². The zero-order valence-electron chi connectivity index (χ0n) is 31.1. The molecular weight excluding hydrogens is 678 g/mol. The standard InChI is InChI=1S/C38H49NO13/c1-17(2)33(41)49-28-29(50-34(42)18(3)4)31(51-35(43)19(5)6)37(52-30(28)36(44)45-9)47-25-13-11-22-23-16-21-10-12-24(46-20(7)40)27-26(21)38(22,32(25)48-27)14-15-39(23)8/h10-13,17-19,22-23,25,28-32,37H,14-16H2,1-9H3/t22-,23+,25-,28-,29-,30-,31+,32-,37+,38-/m0/s1. The summed E-state index contributed by atoms with van der Waals surface area (Å²) in [6.45, 7) is 11.8. The van der Waals surface area contributed by atoms with Crippen molar-refractivity contribution < 1.29 is 61.9 Å². The number of esters is 5. The van der Waals surface area contributed by atoms with Crippen LogP contribution < -0.4 is 9.47 Å². The number of nitrogens with zero attached hydrogens (tertiary/aromatic N) is 1. The molecule has 3 aliphatic heterocycles. The molecule has 14 heteroatoms. The number of likely N-dealkylation sites (N-methyl/N-ethyl adjacent to an activating group) is 1. The number of likely N-dealkylation sites (tertiary alicyclic amines) is 1. The van der Waals surface area contributed by atoms with E-state index in [-0.39, 0.29) is 12.0 Å². The molecule has 0 aromatic heterocycles. The van der Waals surface area contributed by atoms with Gasteiger partial charge in [-0.15, -0.1) is 0 Å². The van der Waals surface area contributed by atoms with Crippen LogP contribution in [0.5, 0.6) is 11.5 Å². The van der Waals surface area contributed by atoms with E-state index < -0.39 is 95.9 Å². The monoisotopic (exact) mass is 727 g/mol. The van der Waals surface area contributed by atoms with E-state index in [0.717, 1.165) is 31.2 Å². The van der Waals surface area contributed by atoms with Crippen molar-refractivity contribution in [2.24, 2.45) is 23.7 Å². The van der Waals surface area contributed by atoms with E-state index in [1.54, 1.807) is 47.6 Å². The molecule has 1 aromatic rings. The number of piperidine rings is 1. The lowest BCUT2D eigenvalue weighted by molar-refractivity contribution is -0.314. The van der Waals surface area contributed by atoms with Gasteiger partial charge in [-0.05, 0) is 38.1 Å². The van der Waals surface area contributed by atoms with Crippen LogP contribution in [0.4, 0.5) is 0 Å². The maximum Gasteiger partial charge on any atom is 0.339 e. The van der Waals surface area contributed by atoms with E-state index >= 15 is 0 Å². The lowest BCUT2D eigenvalue weighted by Crippen LogP contribution is -2.67. The average molecular weight is 728 g/mol. The predicted octanol–water partition coefficient (Wildman–Crippen LogP) is 3.04. The van der Waals surface area contributed by atoms with Gasteiger partial charge in [-0.2, -0.15) is 0 Å². The highest BCUT2D eigenvalue weighted by molar-refractivity contribution is 5.78. The number of benzene rings is 1. The van der Waals surface area contributed by atoms with Gasteiger partial charge in [-0.1, -0.05) is 59.8 Å². The lowest BCUT2D eigenvalue weighted by Gasteiger charge is -2.57. The van der Waals surface area contributed by atoms with Crippen molar-refractivity contribution in [3.8, 4) is 11.5 Å². The van der Waals surface area contributed by atoms with Crippen molar-refractivity contribution >= 4 is 29.8 Å². The second-order valence-corrected chi connectivity index (χ2v) is 15.2. The Kier molecular flexibility index (Phi) is 10.5. The Morgan fingerprint density at radius 3 is 2.08 bits per heavy atom. The fourth-order valence-electron chi connectivity index (χ4n) is 8.14. The Balaban J connectivity index is 1.44. The summed E-state index contributed by atoms with van der Waals surface area (Å²) in [6.07, 6.45) is -3.76. The summed E-state index contributed by atoms with van der Waals surface area (Å²) in [4.78, 5) is 67.4. The third-order valence-corrected chi connectivity index (χ3v) is 10.8. The molecule has 0 N–H and O–H groups in total. The summed E-state index contributed by atoms with van der Waals surface area (Å²) in [5.74, 6) is -4.51. The maximum absolute atomic E-state index is 13.4. The van der Waals surface area contributed by atoms with Gasteiger partial charge in [0.1, 0.15) is 12.2 Å². The SMILES string of the molecule is COC(=O)[C@H]1O[C@@H](O[C@H]2C=C[C@H]3[C@H]4Cc5ccc(OC(C)=O)c6c5[C@@]3(CCN4C)[C@H]2O6)[C@H](OC(=O)C(C)C)[C@@H](OC(=O)C(C)C)[C@@H]1OC(=O)C(C)C. The molecule has 0 radical (unpaired) electrons. The van der Waals surface area contributed by atoms with Gasteiger partial charge in [-0.3, -0.25) is 19.2 Å². The smallest absolute Gasteiger partial charge is 0.339 e. The van der Waals surface area contributed by atoms with Crippen LogP contribution in [0.1, 0.15) is 66.0 Å². The molecule has 5 aliphatic rings. The fraction of sp³-hybridized carbons (Fsp3) is 0.658. The minimum atomic E-state index is -1.62. The Bertz CT molecular complexity index is 1640. The Hall–Kier alpha value is -4.01. The van der Waals surface area contributed by atoms with Crippen molar-refractivity contribution in [2.45, 2.75) is 116 Å². The summed E-state index contributed by atoms with van der Waals surface area (Å²) >= 11 is 0. The van der Waals surface area contributed by atoms with E-state index in [2.05, 4.69) is 18.0 Å². The van der Waals surface area contributed by atoms with Crippen molar-refractivity contribution in [3.05, 3.63) is 35.4 Å². The van der Waals surface area contributed by atoms with E-state index in [9.17, 15) is 24.0 Å². The minimum absolute atomic E-state index is 0.0293. The molecule has 2 fully saturated rings. The van der Waals surface area contributed by atoms with Crippen LogP contribution in [-0.2, 0) is 64.2 Å². The normalized spacial score (nSPS) is 32.9. The molecule has 3 heterocycles. The molecular formula is C38H49NO13. The van der Waals surface area contributed by atoms with Crippen LogP contribution in [0.25, 0.3) is 0 Å². The van der Waals surface area contributed by atoms with Crippen molar-refractivity contribution in [1.82, 2.24) is 4.90 Å². The van der Waals surface area contributed by atoms with Crippen LogP contribution in [0.2, 0.25) is 0 Å². The number of ether oxygens (including phenoxy) is 8. The molecule has 284 valence electrons. The first kappa shape index (κ1) is 37.7. The molecule has 2 aliphatic carbocycles. The molecule has 0 unspecified atom stereocenters. The molecule has 2 saturated heterocycles. The Morgan fingerprint density at radius 1 is 0.865 bits per heavy atom. The van der Waals surface area contributed by atoms with Crippen LogP contribution >= 0.6 is 0 Å². The highest BCUT2D eigenvalue weighted by atomic mass is 16.7. The van der Waals surface area contributed by atoms with E-state index in [0.29, 0.717) is 17.9 Å². The summed E-state index contributed by atoms with van der Waals surface area (Å²) in [5, 5.41) is 0.